The largest absolute Gasteiger partial charge is 0.268 e. The van der Waals surface area contributed by atoms with Crippen LogP contribution in [0.1, 0.15) is 17.2 Å². The Hall–Kier alpha value is -1.51. The Bertz CT molecular complexity index is 764. The summed E-state index contributed by atoms with van der Waals surface area (Å²) in [6.45, 7) is 0. The van der Waals surface area contributed by atoms with Crippen LogP contribution in [0.15, 0.2) is 48.5 Å². The first kappa shape index (κ1) is 14.4. The van der Waals surface area contributed by atoms with E-state index in [0.29, 0.717) is 5.88 Å². The van der Waals surface area contributed by atoms with Crippen molar-refractivity contribution in [2.45, 2.75) is 12.3 Å². The van der Waals surface area contributed by atoms with Gasteiger partial charge in [0.15, 0.2) is 0 Å². The summed E-state index contributed by atoms with van der Waals surface area (Å²) in [5.74, 6) is 0.759. The van der Waals surface area contributed by atoms with Gasteiger partial charge < -0.3 is 0 Å². The fraction of sp³-hybridized carbons (Fsp3) is 0.235. The average molecular weight is 319 g/mol. The number of halogens is 2. The highest BCUT2D eigenvalue weighted by atomic mass is 35.5. The molecule has 0 aliphatic carbocycles. The number of fused-ring (bicyclic) bond motifs is 1. The molecule has 0 amide bonds. The van der Waals surface area contributed by atoms with Gasteiger partial charge in [0.05, 0.1) is 11.2 Å². The lowest BCUT2D eigenvalue weighted by molar-refractivity contribution is 0.708. The van der Waals surface area contributed by atoms with Gasteiger partial charge in [-0.25, -0.2) is 0 Å². The first-order chi connectivity index (χ1) is 10.2. The molecule has 2 nitrogen and oxygen atoms in total. The second kappa shape index (κ2) is 6.08. The minimum atomic E-state index is 0.212. The van der Waals surface area contributed by atoms with Crippen molar-refractivity contribution in [2.24, 2.45) is 7.05 Å². The van der Waals surface area contributed by atoms with Crippen molar-refractivity contribution in [3.8, 4) is 0 Å². The van der Waals surface area contributed by atoms with Crippen molar-refractivity contribution in [1.29, 1.82) is 0 Å². The molecule has 0 bridgehead atoms. The molecule has 1 atom stereocenters. The van der Waals surface area contributed by atoms with E-state index < -0.39 is 0 Å². The molecule has 108 valence electrons. The van der Waals surface area contributed by atoms with Gasteiger partial charge in [-0.15, -0.1) is 11.6 Å². The van der Waals surface area contributed by atoms with E-state index in [1.807, 2.05) is 42.1 Å². The number of aryl methyl sites for hydroxylation is 1. The molecule has 4 heteroatoms. The summed E-state index contributed by atoms with van der Waals surface area (Å²) < 4.78 is 1.92. The second-order valence-corrected chi connectivity index (χ2v) is 5.94. The standard InChI is InChI=1S/C17H16Cl2N2/c1-21-17-8-3-2-7-15(17)16(20-21)10-13(11-18)12-5-4-6-14(19)9-12/h2-9,13H,10-11H2,1H3. The van der Waals surface area contributed by atoms with Crippen LogP contribution < -0.4 is 0 Å². The number of aromatic nitrogens is 2. The minimum absolute atomic E-state index is 0.212. The summed E-state index contributed by atoms with van der Waals surface area (Å²) in [6.07, 6.45) is 0.811. The molecule has 3 rings (SSSR count). The summed E-state index contributed by atoms with van der Waals surface area (Å²) >= 11 is 12.3. The van der Waals surface area contributed by atoms with Crippen LogP contribution in [0.25, 0.3) is 10.9 Å². The predicted molar refractivity (Wildman–Crippen MR) is 89.3 cm³/mol. The number of rotatable bonds is 4. The van der Waals surface area contributed by atoms with Gasteiger partial charge in [-0.05, 0) is 23.8 Å². The molecule has 2 aromatic carbocycles. The molecule has 0 radical (unpaired) electrons. The maximum Gasteiger partial charge on any atom is 0.0709 e. The van der Waals surface area contributed by atoms with Crippen molar-refractivity contribution in [2.75, 3.05) is 5.88 Å². The van der Waals surface area contributed by atoms with Crippen LogP contribution in [-0.2, 0) is 13.5 Å². The number of para-hydroxylation sites is 1. The van der Waals surface area contributed by atoms with Gasteiger partial charge in [-0.2, -0.15) is 5.10 Å². The summed E-state index contributed by atoms with van der Waals surface area (Å²) in [5.41, 5.74) is 3.39. The Balaban J connectivity index is 1.96. The van der Waals surface area contributed by atoms with Crippen LogP contribution in [0.2, 0.25) is 5.02 Å². The van der Waals surface area contributed by atoms with Crippen molar-refractivity contribution in [1.82, 2.24) is 9.78 Å². The van der Waals surface area contributed by atoms with Crippen LogP contribution in [0.4, 0.5) is 0 Å². The predicted octanol–water partition coefficient (Wildman–Crippen LogP) is 4.79. The third-order valence-corrected chi connectivity index (χ3v) is 4.39. The number of hydrogen-bond donors (Lipinski definition) is 0. The van der Waals surface area contributed by atoms with E-state index in [9.17, 15) is 0 Å². The molecule has 0 N–H and O–H groups in total. The molecule has 0 aliphatic rings. The number of nitrogens with zero attached hydrogens (tertiary/aromatic N) is 2. The van der Waals surface area contributed by atoms with E-state index in [-0.39, 0.29) is 5.92 Å². The Morgan fingerprint density at radius 1 is 1.14 bits per heavy atom. The smallest absolute Gasteiger partial charge is 0.0709 e. The van der Waals surface area contributed by atoms with Gasteiger partial charge in [-0.1, -0.05) is 41.9 Å². The van der Waals surface area contributed by atoms with Crippen molar-refractivity contribution < 1.29 is 0 Å². The van der Waals surface area contributed by atoms with Gasteiger partial charge >= 0.3 is 0 Å². The lowest BCUT2D eigenvalue weighted by Crippen LogP contribution is -2.06. The molecule has 3 aromatic rings. The summed E-state index contributed by atoms with van der Waals surface area (Å²) in [7, 11) is 1.97. The normalized spacial score (nSPS) is 12.7. The fourth-order valence-electron chi connectivity index (χ4n) is 2.69. The molecule has 0 fully saturated rings. The van der Waals surface area contributed by atoms with Gasteiger partial charge in [0, 0.05) is 35.7 Å². The zero-order valence-electron chi connectivity index (χ0n) is 11.8. The second-order valence-electron chi connectivity index (χ2n) is 5.20. The maximum absolute atomic E-state index is 6.18. The van der Waals surface area contributed by atoms with Gasteiger partial charge in [0.25, 0.3) is 0 Å². The average Bonchev–Trinajstić information content (AvgIpc) is 2.82. The van der Waals surface area contributed by atoms with Gasteiger partial charge in [0.1, 0.15) is 0 Å². The Labute approximate surface area is 134 Å². The van der Waals surface area contributed by atoms with Crippen molar-refractivity contribution in [3.05, 3.63) is 64.8 Å². The molecule has 0 saturated heterocycles. The Morgan fingerprint density at radius 3 is 2.71 bits per heavy atom. The highest BCUT2D eigenvalue weighted by Gasteiger charge is 2.16. The first-order valence-electron chi connectivity index (χ1n) is 6.91. The molecular weight excluding hydrogens is 303 g/mol. The third kappa shape index (κ3) is 2.92. The van der Waals surface area contributed by atoms with Crippen LogP contribution in [0.5, 0.6) is 0 Å². The molecule has 0 spiro atoms. The third-order valence-electron chi connectivity index (χ3n) is 3.78. The monoisotopic (exact) mass is 318 g/mol. The van der Waals surface area contributed by atoms with Gasteiger partial charge in [0.2, 0.25) is 0 Å². The molecule has 0 aliphatic heterocycles. The van der Waals surface area contributed by atoms with Crippen molar-refractivity contribution >= 4 is 34.1 Å². The van der Waals surface area contributed by atoms with E-state index in [2.05, 4.69) is 23.3 Å². The topological polar surface area (TPSA) is 17.8 Å². The number of hydrogen-bond acceptors (Lipinski definition) is 1. The fourth-order valence-corrected chi connectivity index (χ4v) is 3.18. The first-order valence-corrected chi connectivity index (χ1v) is 7.82. The molecule has 1 heterocycles. The van der Waals surface area contributed by atoms with E-state index >= 15 is 0 Å². The Morgan fingerprint density at radius 2 is 1.95 bits per heavy atom. The summed E-state index contributed by atoms with van der Waals surface area (Å²) in [5, 5.41) is 6.59. The highest BCUT2D eigenvalue weighted by Crippen LogP contribution is 2.27. The maximum atomic E-state index is 6.18. The van der Waals surface area contributed by atoms with Crippen molar-refractivity contribution in [3.63, 3.8) is 0 Å². The van der Waals surface area contributed by atoms with E-state index in [0.717, 1.165) is 28.2 Å². The molecule has 1 aromatic heterocycles. The van der Waals surface area contributed by atoms with Gasteiger partial charge in [-0.3, -0.25) is 4.68 Å². The summed E-state index contributed by atoms with van der Waals surface area (Å²) in [4.78, 5) is 0. The molecule has 21 heavy (non-hydrogen) atoms. The highest BCUT2D eigenvalue weighted by molar-refractivity contribution is 6.30. The van der Waals surface area contributed by atoms with Crippen LogP contribution >= 0.6 is 23.2 Å². The van der Waals surface area contributed by atoms with E-state index in [1.54, 1.807) is 0 Å². The molecular formula is C17H16Cl2N2. The van der Waals surface area contributed by atoms with Crippen LogP contribution in [0.3, 0.4) is 0 Å². The van der Waals surface area contributed by atoms with Crippen LogP contribution in [-0.4, -0.2) is 15.7 Å². The Kier molecular flexibility index (Phi) is 4.18. The zero-order valence-corrected chi connectivity index (χ0v) is 13.3. The lowest BCUT2D eigenvalue weighted by Gasteiger charge is -2.13. The molecule has 1 unspecified atom stereocenters. The SMILES string of the molecule is Cn1nc(CC(CCl)c2cccc(Cl)c2)c2ccccc21. The number of alkyl halides is 1. The van der Waals surface area contributed by atoms with E-state index in [4.69, 9.17) is 23.2 Å². The van der Waals surface area contributed by atoms with Crippen LogP contribution in [0, 0.1) is 0 Å². The van der Waals surface area contributed by atoms with E-state index in [1.165, 1.54) is 5.39 Å². The molecule has 0 saturated carbocycles. The lowest BCUT2D eigenvalue weighted by atomic mass is 9.95. The minimum Gasteiger partial charge on any atom is -0.268 e. The zero-order chi connectivity index (χ0) is 14.8. The number of benzene rings is 2. The summed E-state index contributed by atoms with van der Waals surface area (Å²) in [6, 6.07) is 16.2. The quantitative estimate of drug-likeness (QED) is 0.632.